The van der Waals surface area contributed by atoms with E-state index in [1.807, 2.05) is 408 Å². The summed E-state index contributed by atoms with van der Waals surface area (Å²) in [5.41, 5.74) is 28.5. The number of aromatic nitrogens is 16. The molecule has 0 aliphatic rings. The summed E-state index contributed by atoms with van der Waals surface area (Å²) in [6.07, 6.45) is 23.5. The van der Waals surface area contributed by atoms with Gasteiger partial charge in [-0.05, 0) is 169 Å². The van der Waals surface area contributed by atoms with E-state index in [0.717, 1.165) is 125 Å². The van der Waals surface area contributed by atoms with Gasteiger partial charge in [0.2, 0.25) is 0 Å². The minimum atomic E-state index is 0.784. The highest BCUT2D eigenvalue weighted by Crippen LogP contribution is 2.25. The van der Waals surface area contributed by atoms with Gasteiger partial charge in [-0.3, -0.25) is 29.9 Å². The molecule has 0 radical (unpaired) electrons. The first-order valence-corrected chi connectivity index (χ1v) is 42.6. The van der Waals surface area contributed by atoms with Gasteiger partial charge in [0, 0.05) is 141 Å². The molecule has 16 nitrogen and oxygen atoms in total. The first-order valence-electron chi connectivity index (χ1n) is 42.6. The second kappa shape index (κ2) is 52.2. The molecular weight excluding hydrogens is 1590 g/mol. The molecule has 10 aromatic carbocycles. The average Bonchev–Trinajstić information content (AvgIpc) is 0.873. The number of pyridine rings is 4. The van der Waals surface area contributed by atoms with Crippen LogP contribution in [-0.4, -0.2) is 79.7 Å². The smallest absolute Gasteiger partial charge is 0.159 e. The average molecular weight is 1700 g/mol. The predicted octanol–water partition coefficient (Wildman–Crippen LogP) is 26.9. The van der Waals surface area contributed by atoms with Crippen molar-refractivity contribution in [3.05, 3.63) is 508 Å². The highest BCUT2D eigenvalue weighted by atomic mass is 14.9. The molecule has 16 heteroatoms. The van der Waals surface area contributed by atoms with Gasteiger partial charge in [-0.15, -0.1) is 0 Å². The van der Waals surface area contributed by atoms with Crippen LogP contribution in [0, 0.1) is 69.2 Å². The van der Waals surface area contributed by atoms with Gasteiger partial charge in [0.25, 0.3) is 0 Å². The molecule has 0 atom stereocenters. The summed E-state index contributed by atoms with van der Waals surface area (Å²) in [7, 11) is 0. The molecule has 10 aromatic heterocycles. The Morgan fingerprint density at radius 1 is 0.154 bits per heavy atom. The second-order valence-corrected chi connectivity index (χ2v) is 29.7. The molecule has 0 saturated carbocycles. The molecular formula is C114H104N16. The minimum absolute atomic E-state index is 0.784. The van der Waals surface area contributed by atoms with Gasteiger partial charge in [0.1, 0.15) is 18.0 Å². The van der Waals surface area contributed by atoms with E-state index in [1.54, 1.807) is 31.1 Å². The molecule has 0 saturated heterocycles. The van der Waals surface area contributed by atoms with Gasteiger partial charge >= 0.3 is 0 Å². The lowest BCUT2D eigenvalue weighted by Gasteiger charge is -2.00. The molecule has 640 valence electrons. The van der Waals surface area contributed by atoms with E-state index in [1.165, 1.54) is 44.5 Å². The van der Waals surface area contributed by atoms with Gasteiger partial charge in [-0.1, -0.05) is 309 Å². The molecule has 10 heterocycles. The molecule has 20 rings (SSSR count). The number of hydrogen-bond acceptors (Lipinski definition) is 16. The van der Waals surface area contributed by atoms with Gasteiger partial charge in [-0.2, -0.15) is 0 Å². The van der Waals surface area contributed by atoms with Crippen LogP contribution < -0.4 is 0 Å². The van der Waals surface area contributed by atoms with Crippen LogP contribution in [0.4, 0.5) is 0 Å². The number of nitrogens with zero attached hydrogens (tertiary/aromatic N) is 16. The monoisotopic (exact) mass is 1700 g/mol. The number of benzene rings is 10. The fourth-order valence-electron chi connectivity index (χ4n) is 12.4. The van der Waals surface area contributed by atoms with E-state index < -0.39 is 0 Å². The van der Waals surface area contributed by atoms with Crippen LogP contribution in [0.15, 0.2) is 451 Å². The van der Waals surface area contributed by atoms with Crippen LogP contribution in [0.3, 0.4) is 0 Å². The zero-order valence-electron chi connectivity index (χ0n) is 74.9. The fourth-order valence-corrected chi connectivity index (χ4v) is 12.4. The third-order valence-electron chi connectivity index (χ3n) is 19.0. The topological polar surface area (TPSA) is 206 Å². The highest BCUT2D eigenvalue weighted by molar-refractivity contribution is 5.67. The zero-order valence-corrected chi connectivity index (χ0v) is 74.9. The van der Waals surface area contributed by atoms with Crippen molar-refractivity contribution in [1.82, 2.24) is 79.7 Å². The summed E-state index contributed by atoms with van der Waals surface area (Å²) >= 11 is 0. The molecule has 0 aliphatic heterocycles. The van der Waals surface area contributed by atoms with E-state index in [0.29, 0.717) is 0 Å². The fraction of sp³-hybridized carbons (Fsp3) is 0.0877. The second-order valence-electron chi connectivity index (χ2n) is 29.7. The lowest BCUT2D eigenvalue weighted by atomic mass is 10.1. The third-order valence-corrected chi connectivity index (χ3v) is 19.0. The summed E-state index contributed by atoms with van der Waals surface area (Å²) in [5.74, 6) is 3.19. The number of hydrogen-bond donors (Lipinski definition) is 0. The summed E-state index contributed by atoms with van der Waals surface area (Å²) in [5, 5.41) is 0. The Labute approximate surface area is 764 Å². The predicted molar refractivity (Wildman–Crippen MR) is 531 cm³/mol. The Morgan fingerprint density at radius 3 is 1.04 bits per heavy atom. The molecule has 0 spiro atoms. The zero-order chi connectivity index (χ0) is 91.0. The lowest BCUT2D eigenvalue weighted by Crippen LogP contribution is -1.89. The molecule has 0 aliphatic carbocycles. The summed E-state index contributed by atoms with van der Waals surface area (Å²) in [6, 6.07) is 124. The quantitative estimate of drug-likeness (QED) is 0.125. The first-order chi connectivity index (χ1) is 63.6. The summed E-state index contributed by atoms with van der Waals surface area (Å²) in [4.78, 5) is 67.5. The van der Waals surface area contributed by atoms with Crippen molar-refractivity contribution >= 4 is 0 Å². The molecule has 20 aromatic rings. The Bertz CT molecular complexity index is 5600. The number of aryl methyl sites for hydroxylation is 10. The number of rotatable bonds is 10. The SMILES string of the molecule is Cc1cc(-c2ccccc2)ccn1.Cc1cc(-c2ccccc2)ncn1.Cc1cccc(-c2ccccc2)n1.Cc1ccnc(-c2ccccc2)c1.Cc1ccnc(-c2ccccc2)n1.Cc1cnc(-c2ccccc2)cn1.Cc1cnc(-c2ccccc2)nc1.Cc1cncc(-c2ccccc2)c1.Cc1ncc(-c2ccccc2)cn1.Cc1nccc(-c2ccccc2)n1. The molecule has 0 amide bonds. The minimum Gasteiger partial charge on any atom is -0.264 e. The van der Waals surface area contributed by atoms with Crippen molar-refractivity contribution < 1.29 is 0 Å². The lowest BCUT2D eigenvalue weighted by molar-refractivity contribution is 1.06. The maximum absolute atomic E-state index is 4.44. The van der Waals surface area contributed by atoms with Crippen LogP contribution >= 0.6 is 0 Å². The van der Waals surface area contributed by atoms with E-state index >= 15 is 0 Å². The maximum Gasteiger partial charge on any atom is 0.159 e. The molecule has 130 heavy (non-hydrogen) atoms. The third kappa shape index (κ3) is 32.8. The van der Waals surface area contributed by atoms with Crippen LogP contribution in [0.25, 0.3) is 112 Å². The van der Waals surface area contributed by atoms with Crippen LogP contribution in [-0.2, 0) is 0 Å². The largest absolute Gasteiger partial charge is 0.264 e. The molecule has 0 unspecified atom stereocenters. The van der Waals surface area contributed by atoms with Gasteiger partial charge in [0.05, 0.1) is 40.4 Å². The van der Waals surface area contributed by atoms with E-state index in [4.69, 9.17) is 0 Å². The van der Waals surface area contributed by atoms with Crippen LogP contribution in [0.1, 0.15) is 56.8 Å². The Balaban J connectivity index is 0.000000140. The first kappa shape index (κ1) is 94.0. The normalized spacial score (nSPS) is 9.92. The molecule has 0 fully saturated rings. The van der Waals surface area contributed by atoms with Crippen molar-refractivity contribution in [3.63, 3.8) is 0 Å². The van der Waals surface area contributed by atoms with Crippen molar-refractivity contribution in [2.24, 2.45) is 0 Å². The van der Waals surface area contributed by atoms with E-state index in [-0.39, 0.29) is 0 Å². The summed E-state index contributed by atoms with van der Waals surface area (Å²) < 4.78 is 0. The summed E-state index contributed by atoms with van der Waals surface area (Å²) in [6.45, 7) is 19.8. The van der Waals surface area contributed by atoms with Gasteiger partial charge < -0.3 is 0 Å². The van der Waals surface area contributed by atoms with Gasteiger partial charge in [0.15, 0.2) is 11.6 Å². The Hall–Kier alpha value is -16.7. The van der Waals surface area contributed by atoms with Crippen molar-refractivity contribution in [1.29, 1.82) is 0 Å². The van der Waals surface area contributed by atoms with Crippen molar-refractivity contribution in [3.8, 4) is 112 Å². The molecule has 0 bridgehead atoms. The van der Waals surface area contributed by atoms with Crippen molar-refractivity contribution in [2.45, 2.75) is 69.2 Å². The van der Waals surface area contributed by atoms with Crippen LogP contribution in [0.2, 0.25) is 0 Å². The van der Waals surface area contributed by atoms with Gasteiger partial charge in [-0.25, -0.2) is 49.8 Å². The standard InChI is InChI=1S/4C12H11N.6C11H10N2/c1-10-6-5-9-12(13-10)11-7-3-2-4-8-11;1-10-7-12(9-13-8-10)11-5-3-2-4-6-11;1-10-9-12(7-8-13-10)11-5-3-2-4-6-11;1-10-7-8-13-12(9-10)11-5-3-2-4-6-11;1-9-12-7-11(8-13-9)10-5-3-2-4-6-10;1-9-7-13-11(8-12-9)10-5-3-2-4-6-10;1-9-7-11(13-8-12-9)10-5-3-2-4-6-10;1-9-7-12-11(13-8-9)10-5-3-2-4-6-10;1-9-12-8-7-11(13-9)10-5-3-2-4-6-10;1-9-7-8-12-11(13-9)10-5-3-2-4-6-10/h4*2-9H,1H3;6*2-8H,1H3. The Morgan fingerprint density at radius 2 is 0.577 bits per heavy atom. The van der Waals surface area contributed by atoms with E-state index in [2.05, 4.69) is 160 Å². The Kier molecular flexibility index (Phi) is 37.7. The van der Waals surface area contributed by atoms with Crippen LogP contribution in [0.5, 0.6) is 0 Å². The van der Waals surface area contributed by atoms with Crippen molar-refractivity contribution in [2.75, 3.05) is 0 Å². The highest BCUT2D eigenvalue weighted by Gasteiger charge is 2.06. The molecule has 0 N–H and O–H groups in total. The maximum atomic E-state index is 4.44. The van der Waals surface area contributed by atoms with E-state index in [9.17, 15) is 0 Å².